The molecule has 0 saturated heterocycles. The third-order valence-corrected chi connectivity index (χ3v) is 6.42. The Labute approximate surface area is 197 Å². The lowest BCUT2D eigenvalue weighted by Gasteiger charge is -2.14. The minimum absolute atomic E-state index is 0.707. The lowest BCUT2D eigenvalue weighted by atomic mass is 10.1. The molecule has 5 nitrogen and oxygen atoms in total. The first-order chi connectivity index (χ1) is 15.7. The molecule has 0 saturated carbocycles. The first-order valence-electron chi connectivity index (χ1n) is 11.8. The van der Waals surface area contributed by atoms with E-state index in [-0.39, 0.29) is 0 Å². The zero-order valence-electron chi connectivity index (χ0n) is 19.6. The largest absolute Gasteiger partial charge is 0.493 e. The van der Waals surface area contributed by atoms with Gasteiger partial charge in [0.2, 0.25) is 0 Å². The molecule has 0 bridgehead atoms. The number of rotatable bonds is 14. The Morgan fingerprint density at radius 3 is 2.53 bits per heavy atom. The molecule has 0 aliphatic rings. The highest BCUT2D eigenvalue weighted by Gasteiger charge is 2.12. The van der Waals surface area contributed by atoms with E-state index in [1.165, 1.54) is 32.1 Å². The van der Waals surface area contributed by atoms with Crippen molar-refractivity contribution in [1.82, 2.24) is 14.8 Å². The van der Waals surface area contributed by atoms with Crippen LogP contribution in [0, 0.1) is 0 Å². The number of aryl methyl sites for hydroxylation is 1. The van der Waals surface area contributed by atoms with Gasteiger partial charge in [-0.25, -0.2) is 0 Å². The number of hydrogen-bond donors (Lipinski definition) is 1. The van der Waals surface area contributed by atoms with E-state index in [1.54, 1.807) is 11.8 Å². The number of anilines is 1. The van der Waals surface area contributed by atoms with Gasteiger partial charge in [-0.15, -0.1) is 10.2 Å². The minimum Gasteiger partial charge on any atom is -0.493 e. The Morgan fingerprint density at radius 2 is 1.75 bits per heavy atom. The molecule has 3 aromatic rings. The highest BCUT2D eigenvalue weighted by Crippen LogP contribution is 2.32. The van der Waals surface area contributed by atoms with Crippen molar-refractivity contribution in [2.24, 2.45) is 7.05 Å². The van der Waals surface area contributed by atoms with E-state index in [1.807, 2.05) is 18.2 Å². The first-order valence-corrected chi connectivity index (χ1v) is 12.6. The van der Waals surface area contributed by atoms with Crippen molar-refractivity contribution < 1.29 is 4.74 Å². The molecule has 0 fully saturated rings. The lowest BCUT2D eigenvalue weighted by molar-refractivity contribution is 0.314. The Morgan fingerprint density at radius 1 is 0.938 bits per heavy atom. The molecule has 172 valence electrons. The second-order valence-corrected chi connectivity index (χ2v) is 9.10. The van der Waals surface area contributed by atoms with Gasteiger partial charge >= 0.3 is 0 Å². The molecule has 1 heterocycles. The van der Waals surface area contributed by atoms with E-state index in [9.17, 15) is 0 Å². The number of aromatic nitrogens is 3. The van der Waals surface area contributed by atoms with E-state index < -0.39 is 0 Å². The molecule has 0 aliphatic carbocycles. The molecular weight excluding hydrogens is 416 g/mol. The zero-order valence-corrected chi connectivity index (χ0v) is 20.5. The highest BCUT2D eigenvalue weighted by atomic mass is 32.2. The van der Waals surface area contributed by atoms with E-state index in [0.29, 0.717) is 6.61 Å². The van der Waals surface area contributed by atoms with E-state index in [4.69, 9.17) is 4.74 Å². The topological polar surface area (TPSA) is 52.0 Å². The van der Waals surface area contributed by atoms with Gasteiger partial charge in [0, 0.05) is 36.2 Å². The maximum atomic E-state index is 6.08. The average molecular weight is 453 g/mol. The molecule has 0 radical (unpaired) electrons. The number of ether oxygens (including phenoxy) is 1. The van der Waals surface area contributed by atoms with Crippen molar-refractivity contribution in [3.05, 3.63) is 59.9 Å². The van der Waals surface area contributed by atoms with Gasteiger partial charge in [0.25, 0.3) is 0 Å². The van der Waals surface area contributed by atoms with Crippen LogP contribution in [0.2, 0.25) is 0 Å². The highest BCUT2D eigenvalue weighted by molar-refractivity contribution is 7.99. The van der Waals surface area contributed by atoms with Gasteiger partial charge in [0.15, 0.2) is 5.16 Å². The third kappa shape index (κ3) is 7.30. The van der Waals surface area contributed by atoms with Crippen molar-refractivity contribution in [3.8, 4) is 5.75 Å². The summed E-state index contributed by atoms with van der Waals surface area (Å²) in [5.41, 5.74) is 2.26. The second-order valence-electron chi connectivity index (χ2n) is 8.06. The molecule has 0 atom stereocenters. The third-order valence-electron chi connectivity index (χ3n) is 5.40. The standard InChI is InChI=1S/C26H36N4OS/c1-4-6-7-8-12-15-25-28-29-26(30(25)3)32-23-17-16-21(24(19-23)31-18-5-2)20-27-22-13-10-9-11-14-22/h9-11,13-14,16-17,19,27H,4-8,12,15,18,20H2,1-3H3. The van der Waals surface area contributed by atoms with Crippen LogP contribution >= 0.6 is 11.8 Å². The maximum Gasteiger partial charge on any atom is 0.195 e. The van der Waals surface area contributed by atoms with Crippen LogP contribution in [0.4, 0.5) is 5.69 Å². The quantitative estimate of drug-likeness (QED) is 0.270. The number of nitrogens with one attached hydrogen (secondary N) is 1. The van der Waals surface area contributed by atoms with Gasteiger partial charge < -0.3 is 14.6 Å². The molecule has 1 N–H and O–H groups in total. The molecule has 6 heteroatoms. The van der Waals surface area contributed by atoms with Crippen LogP contribution in [0.1, 0.15) is 63.8 Å². The van der Waals surface area contributed by atoms with Crippen molar-refractivity contribution in [2.45, 2.75) is 75.4 Å². The fraction of sp³-hybridized carbons (Fsp3) is 0.462. The van der Waals surface area contributed by atoms with Gasteiger partial charge in [0.05, 0.1) is 6.61 Å². The fourth-order valence-electron chi connectivity index (χ4n) is 3.49. The molecule has 2 aromatic carbocycles. The van der Waals surface area contributed by atoms with Crippen LogP contribution in [0.25, 0.3) is 0 Å². The van der Waals surface area contributed by atoms with Crippen LogP contribution < -0.4 is 10.1 Å². The molecule has 32 heavy (non-hydrogen) atoms. The summed E-state index contributed by atoms with van der Waals surface area (Å²) in [6.07, 6.45) is 8.31. The molecule has 0 aliphatic heterocycles. The second kappa shape index (κ2) is 13.2. The van der Waals surface area contributed by atoms with E-state index >= 15 is 0 Å². The predicted octanol–water partition coefficient (Wildman–Crippen LogP) is 6.88. The van der Waals surface area contributed by atoms with Crippen LogP contribution in [0.5, 0.6) is 5.75 Å². The van der Waals surface area contributed by atoms with Gasteiger partial charge in [-0.05, 0) is 48.9 Å². The molecular formula is C26H36N4OS. The molecule has 3 rings (SSSR count). The Balaban J connectivity index is 1.64. The van der Waals surface area contributed by atoms with Gasteiger partial charge in [0.1, 0.15) is 11.6 Å². The molecule has 0 unspecified atom stereocenters. The monoisotopic (exact) mass is 452 g/mol. The van der Waals surface area contributed by atoms with E-state index in [0.717, 1.165) is 52.3 Å². The average Bonchev–Trinajstić information content (AvgIpc) is 3.16. The smallest absolute Gasteiger partial charge is 0.195 e. The van der Waals surface area contributed by atoms with Crippen molar-refractivity contribution in [2.75, 3.05) is 11.9 Å². The lowest BCUT2D eigenvalue weighted by Crippen LogP contribution is -2.04. The van der Waals surface area contributed by atoms with Crippen LogP contribution in [0.3, 0.4) is 0 Å². The summed E-state index contributed by atoms with van der Waals surface area (Å²) in [6.45, 7) is 5.81. The number of para-hydroxylation sites is 1. The first kappa shape index (κ1) is 24.2. The molecule has 0 spiro atoms. The number of hydrogen-bond acceptors (Lipinski definition) is 5. The predicted molar refractivity (Wildman–Crippen MR) is 134 cm³/mol. The summed E-state index contributed by atoms with van der Waals surface area (Å²) in [4.78, 5) is 1.12. The summed E-state index contributed by atoms with van der Waals surface area (Å²) >= 11 is 1.64. The summed E-state index contributed by atoms with van der Waals surface area (Å²) in [6, 6.07) is 16.7. The minimum atomic E-state index is 0.707. The number of benzene rings is 2. The number of unbranched alkanes of at least 4 members (excludes halogenated alkanes) is 4. The van der Waals surface area contributed by atoms with Crippen molar-refractivity contribution in [3.63, 3.8) is 0 Å². The van der Waals surface area contributed by atoms with Crippen LogP contribution in [0.15, 0.2) is 58.6 Å². The van der Waals surface area contributed by atoms with Gasteiger partial charge in [-0.3, -0.25) is 0 Å². The maximum absolute atomic E-state index is 6.08. The Kier molecular flexibility index (Phi) is 9.95. The Bertz CT molecular complexity index is 942. The summed E-state index contributed by atoms with van der Waals surface area (Å²) in [5, 5.41) is 13.3. The summed E-state index contributed by atoms with van der Waals surface area (Å²) < 4.78 is 8.20. The zero-order chi connectivity index (χ0) is 22.6. The van der Waals surface area contributed by atoms with Gasteiger partial charge in [-0.2, -0.15) is 0 Å². The molecule has 1 aromatic heterocycles. The summed E-state index contributed by atoms with van der Waals surface area (Å²) in [7, 11) is 2.07. The van der Waals surface area contributed by atoms with Crippen LogP contribution in [-0.2, 0) is 20.0 Å². The van der Waals surface area contributed by atoms with Crippen molar-refractivity contribution in [1.29, 1.82) is 0 Å². The van der Waals surface area contributed by atoms with Crippen LogP contribution in [-0.4, -0.2) is 21.4 Å². The Hall–Kier alpha value is -2.47. The van der Waals surface area contributed by atoms with Crippen molar-refractivity contribution >= 4 is 17.4 Å². The summed E-state index contributed by atoms with van der Waals surface area (Å²) in [5.74, 6) is 1.99. The normalized spacial score (nSPS) is 11.0. The SMILES string of the molecule is CCCCCCCc1nnc(Sc2ccc(CNc3ccccc3)c(OCCC)c2)n1C. The van der Waals surface area contributed by atoms with E-state index in [2.05, 4.69) is 71.3 Å². The fourth-order valence-corrected chi connectivity index (χ4v) is 4.32. The number of nitrogens with zero attached hydrogens (tertiary/aromatic N) is 3. The van der Waals surface area contributed by atoms with Gasteiger partial charge in [-0.1, -0.05) is 63.8 Å². The molecule has 0 amide bonds.